The molecule has 0 aliphatic carbocycles. The van der Waals surface area contributed by atoms with E-state index in [9.17, 15) is 14.5 Å². The van der Waals surface area contributed by atoms with E-state index in [1.54, 1.807) is 18.2 Å². The Balaban J connectivity index is 2.54. The third-order valence-corrected chi connectivity index (χ3v) is 2.72. The van der Waals surface area contributed by atoms with Crippen LogP contribution in [-0.4, -0.2) is 4.92 Å². The first-order valence-electron chi connectivity index (χ1n) is 5.74. The van der Waals surface area contributed by atoms with Gasteiger partial charge in [-0.1, -0.05) is 35.9 Å². The maximum atomic E-state index is 13.3. The number of hydrogen-bond donors (Lipinski definition) is 0. The molecule has 3 nitrogen and oxygen atoms in total. The van der Waals surface area contributed by atoms with Crippen molar-refractivity contribution in [3.8, 4) is 11.1 Å². The molecule has 0 amide bonds. The van der Waals surface area contributed by atoms with Gasteiger partial charge in [0.2, 0.25) is 6.20 Å². The lowest BCUT2D eigenvalue weighted by Gasteiger charge is -2.07. The smallest absolute Gasteiger partial charge is 0.235 e. The normalized spacial score (nSPS) is 10.8. The average molecular weight is 257 g/mol. The van der Waals surface area contributed by atoms with Crippen LogP contribution in [0.25, 0.3) is 17.2 Å². The first-order chi connectivity index (χ1) is 9.06. The summed E-state index contributed by atoms with van der Waals surface area (Å²) in [5.74, 6) is -0.330. The topological polar surface area (TPSA) is 43.1 Å². The molecule has 0 aromatic heterocycles. The number of nitrogens with zero attached hydrogens (tertiary/aromatic N) is 1. The van der Waals surface area contributed by atoms with Crippen LogP contribution in [0.1, 0.15) is 11.1 Å². The predicted molar refractivity (Wildman–Crippen MR) is 72.6 cm³/mol. The van der Waals surface area contributed by atoms with Gasteiger partial charge in [0.1, 0.15) is 5.82 Å². The molecule has 0 unspecified atom stereocenters. The van der Waals surface area contributed by atoms with Crippen LogP contribution in [0.15, 0.2) is 48.7 Å². The van der Waals surface area contributed by atoms with E-state index in [0.29, 0.717) is 11.1 Å². The summed E-state index contributed by atoms with van der Waals surface area (Å²) in [6, 6.07) is 11.7. The van der Waals surface area contributed by atoms with Crippen LogP contribution >= 0.6 is 0 Å². The third-order valence-electron chi connectivity index (χ3n) is 2.72. The molecular formula is C15H12FNO2. The quantitative estimate of drug-likeness (QED) is 0.615. The maximum absolute atomic E-state index is 13.3. The number of rotatable bonds is 3. The Morgan fingerprint density at radius 2 is 2.00 bits per heavy atom. The lowest BCUT2D eigenvalue weighted by atomic mass is 9.97. The lowest BCUT2D eigenvalue weighted by Crippen LogP contribution is -1.88. The molecule has 0 saturated heterocycles. The number of hydrogen-bond acceptors (Lipinski definition) is 2. The molecule has 4 heteroatoms. The van der Waals surface area contributed by atoms with Gasteiger partial charge in [0, 0.05) is 6.08 Å². The predicted octanol–water partition coefficient (Wildman–Crippen LogP) is 4.05. The summed E-state index contributed by atoms with van der Waals surface area (Å²) in [4.78, 5) is 9.88. The Morgan fingerprint density at radius 1 is 1.21 bits per heavy atom. The minimum Gasteiger partial charge on any atom is -0.259 e. The molecule has 96 valence electrons. The van der Waals surface area contributed by atoms with E-state index < -0.39 is 4.92 Å². The number of halogens is 1. The Kier molecular flexibility index (Phi) is 3.71. The van der Waals surface area contributed by atoms with Gasteiger partial charge in [0.05, 0.1) is 4.92 Å². The van der Waals surface area contributed by atoms with E-state index in [1.807, 2.05) is 19.1 Å². The second-order valence-electron chi connectivity index (χ2n) is 4.20. The Morgan fingerprint density at radius 3 is 2.68 bits per heavy atom. The van der Waals surface area contributed by atoms with Gasteiger partial charge < -0.3 is 0 Å². The van der Waals surface area contributed by atoms with Crippen LogP contribution in [0, 0.1) is 22.9 Å². The van der Waals surface area contributed by atoms with E-state index in [2.05, 4.69) is 0 Å². The largest absolute Gasteiger partial charge is 0.259 e. The highest BCUT2D eigenvalue weighted by molar-refractivity contribution is 5.75. The summed E-state index contributed by atoms with van der Waals surface area (Å²) in [7, 11) is 0. The highest BCUT2D eigenvalue weighted by atomic mass is 19.1. The zero-order valence-electron chi connectivity index (χ0n) is 10.3. The molecule has 0 fully saturated rings. The molecule has 0 N–H and O–H groups in total. The van der Waals surface area contributed by atoms with Crippen molar-refractivity contribution < 1.29 is 9.31 Å². The molecule has 0 aliphatic heterocycles. The molecular weight excluding hydrogens is 245 g/mol. The minimum absolute atomic E-state index is 0.330. The van der Waals surface area contributed by atoms with Gasteiger partial charge >= 0.3 is 0 Å². The van der Waals surface area contributed by atoms with Crippen LogP contribution in [-0.2, 0) is 0 Å². The molecule has 0 heterocycles. The third kappa shape index (κ3) is 3.25. The van der Waals surface area contributed by atoms with E-state index >= 15 is 0 Å². The molecule has 2 rings (SSSR count). The van der Waals surface area contributed by atoms with Crippen molar-refractivity contribution in [3.05, 3.63) is 75.7 Å². The zero-order chi connectivity index (χ0) is 13.8. The Bertz CT molecular complexity index is 650. The molecule has 0 aliphatic rings. The van der Waals surface area contributed by atoms with Crippen molar-refractivity contribution in [2.75, 3.05) is 0 Å². The number of aryl methyl sites for hydroxylation is 1. The maximum Gasteiger partial charge on any atom is 0.235 e. The van der Waals surface area contributed by atoms with Crippen molar-refractivity contribution in [1.29, 1.82) is 0 Å². The van der Waals surface area contributed by atoms with Gasteiger partial charge in [0.25, 0.3) is 0 Å². The molecule has 2 aromatic rings. The fraction of sp³-hybridized carbons (Fsp3) is 0.0667. The minimum atomic E-state index is -0.519. The fourth-order valence-electron chi connectivity index (χ4n) is 1.86. The van der Waals surface area contributed by atoms with Crippen LogP contribution in [0.2, 0.25) is 0 Å². The van der Waals surface area contributed by atoms with E-state index in [0.717, 1.165) is 17.3 Å². The van der Waals surface area contributed by atoms with Gasteiger partial charge in [-0.05, 0) is 35.7 Å². The van der Waals surface area contributed by atoms with Gasteiger partial charge in [-0.2, -0.15) is 0 Å². The fourth-order valence-corrected chi connectivity index (χ4v) is 1.86. The van der Waals surface area contributed by atoms with Gasteiger partial charge in [-0.3, -0.25) is 10.1 Å². The van der Waals surface area contributed by atoms with Crippen molar-refractivity contribution in [2.24, 2.45) is 0 Å². The van der Waals surface area contributed by atoms with Crippen LogP contribution < -0.4 is 0 Å². The van der Waals surface area contributed by atoms with E-state index in [4.69, 9.17) is 0 Å². The van der Waals surface area contributed by atoms with Crippen molar-refractivity contribution in [3.63, 3.8) is 0 Å². The summed E-state index contributed by atoms with van der Waals surface area (Å²) in [6.07, 6.45) is 2.30. The van der Waals surface area contributed by atoms with Crippen molar-refractivity contribution in [1.82, 2.24) is 0 Å². The summed E-state index contributed by atoms with van der Waals surface area (Å²) in [5.41, 5.74) is 3.18. The van der Waals surface area contributed by atoms with Crippen LogP contribution in [0.4, 0.5) is 4.39 Å². The molecule has 0 radical (unpaired) electrons. The van der Waals surface area contributed by atoms with Crippen molar-refractivity contribution >= 4 is 6.08 Å². The van der Waals surface area contributed by atoms with Gasteiger partial charge in [0.15, 0.2) is 0 Å². The summed E-state index contributed by atoms with van der Waals surface area (Å²) in [6.45, 7) is 1.92. The second-order valence-corrected chi connectivity index (χ2v) is 4.20. The molecule has 19 heavy (non-hydrogen) atoms. The first kappa shape index (κ1) is 13.0. The molecule has 0 saturated carbocycles. The number of benzene rings is 2. The second kappa shape index (κ2) is 5.44. The highest BCUT2D eigenvalue weighted by Gasteiger charge is 2.05. The Labute approximate surface area is 110 Å². The summed E-state index contributed by atoms with van der Waals surface area (Å²) < 4.78 is 13.3. The van der Waals surface area contributed by atoms with E-state index in [1.165, 1.54) is 18.2 Å². The van der Waals surface area contributed by atoms with Gasteiger partial charge in [-0.25, -0.2) is 4.39 Å². The number of nitro groups is 1. The lowest BCUT2D eigenvalue weighted by molar-refractivity contribution is -0.400. The molecule has 0 spiro atoms. The Hall–Kier alpha value is -2.49. The zero-order valence-corrected chi connectivity index (χ0v) is 10.3. The standard InChI is InChI=1S/C15H12FNO2/c1-11-5-6-12(7-8-17(18)19)15(9-11)13-3-2-4-14(16)10-13/h2-10H,1H3/b8-7+. The van der Waals surface area contributed by atoms with Gasteiger partial charge in [-0.15, -0.1) is 0 Å². The monoisotopic (exact) mass is 257 g/mol. The molecule has 0 bridgehead atoms. The average Bonchev–Trinajstić information content (AvgIpc) is 2.37. The summed E-state index contributed by atoms with van der Waals surface area (Å²) in [5, 5.41) is 10.4. The summed E-state index contributed by atoms with van der Waals surface area (Å²) >= 11 is 0. The highest BCUT2D eigenvalue weighted by Crippen LogP contribution is 2.26. The van der Waals surface area contributed by atoms with Crippen LogP contribution in [0.3, 0.4) is 0 Å². The van der Waals surface area contributed by atoms with E-state index in [-0.39, 0.29) is 5.82 Å². The first-order valence-corrected chi connectivity index (χ1v) is 5.74. The van der Waals surface area contributed by atoms with Crippen molar-refractivity contribution in [2.45, 2.75) is 6.92 Å². The molecule has 0 atom stereocenters. The SMILES string of the molecule is Cc1ccc(/C=C/[N+](=O)[O-])c(-c2cccc(F)c2)c1. The van der Waals surface area contributed by atoms with Crippen LogP contribution in [0.5, 0.6) is 0 Å². The molecule has 2 aromatic carbocycles.